The van der Waals surface area contributed by atoms with Crippen molar-refractivity contribution in [2.24, 2.45) is 5.92 Å². The van der Waals surface area contributed by atoms with Gasteiger partial charge in [0.1, 0.15) is 0 Å². The summed E-state index contributed by atoms with van der Waals surface area (Å²) in [7, 11) is 2.02. The molecule has 1 aromatic rings. The monoisotopic (exact) mass is 249 g/mol. The van der Waals surface area contributed by atoms with Crippen LogP contribution in [0, 0.1) is 19.8 Å². The summed E-state index contributed by atoms with van der Waals surface area (Å²) in [4.78, 5) is 0. The van der Waals surface area contributed by atoms with Gasteiger partial charge in [-0.1, -0.05) is 19.8 Å². The first-order chi connectivity index (χ1) is 8.54. The molecule has 3 unspecified atom stereocenters. The van der Waals surface area contributed by atoms with Gasteiger partial charge in [-0.05, 0) is 46.6 Å². The van der Waals surface area contributed by atoms with Gasteiger partial charge in [0, 0.05) is 17.3 Å². The SMILES string of the molecule is CNC(C)c1c(C)nn(C2CCCC(C)C2)c1C. The molecule has 0 amide bonds. The maximum atomic E-state index is 4.81. The van der Waals surface area contributed by atoms with E-state index in [2.05, 4.69) is 37.7 Å². The molecule has 0 bridgehead atoms. The van der Waals surface area contributed by atoms with Crippen molar-refractivity contribution in [3.05, 3.63) is 17.0 Å². The minimum atomic E-state index is 0.389. The van der Waals surface area contributed by atoms with E-state index in [1.807, 2.05) is 7.05 Å². The molecule has 2 rings (SSSR count). The van der Waals surface area contributed by atoms with Gasteiger partial charge in [0.2, 0.25) is 0 Å². The molecule has 1 fully saturated rings. The molecule has 1 heterocycles. The van der Waals surface area contributed by atoms with Crippen molar-refractivity contribution in [2.45, 2.75) is 65.5 Å². The van der Waals surface area contributed by atoms with E-state index < -0.39 is 0 Å². The molecule has 0 radical (unpaired) electrons. The first-order valence-electron chi connectivity index (χ1n) is 7.27. The van der Waals surface area contributed by atoms with Gasteiger partial charge in [-0.3, -0.25) is 4.68 Å². The Morgan fingerprint density at radius 2 is 2.06 bits per heavy atom. The fraction of sp³-hybridized carbons (Fsp3) is 0.800. The summed E-state index contributed by atoms with van der Waals surface area (Å²) in [5, 5.41) is 8.15. The number of hydrogen-bond acceptors (Lipinski definition) is 2. The maximum Gasteiger partial charge on any atom is 0.0644 e. The smallest absolute Gasteiger partial charge is 0.0644 e. The van der Waals surface area contributed by atoms with Gasteiger partial charge >= 0.3 is 0 Å². The van der Waals surface area contributed by atoms with Gasteiger partial charge < -0.3 is 5.32 Å². The van der Waals surface area contributed by atoms with E-state index in [1.54, 1.807) is 0 Å². The Bertz CT molecular complexity index is 408. The highest BCUT2D eigenvalue weighted by Gasteiger charge is 2.25. The maximum absolute atomic E-state index is 4.81. The second kappa shape index (κ2) is 5.43. The van der Waals surface area contributed by atoms with Crippen molar-refractivity contribution < 1.29 is 0 Å². The van der Waals surface area contributed by atoms with Crippen molar-refractivity contribution in [1.29, 1.82) is 0 Å². The average molecular weight is 249 g/mol. The fourth-order valence-electron chi connectivity index (χ4n) is 3.43. The molecule has 0 aromatic carbocycles. The quantitative estimate of drug-likeness (QED) is 0.888. The normalized spacial score (nSPS) is 26.3. The van der Waals surface area contributed by atoms with Crippen LogP contribution in [0.25, 0.3) is 0 Å². The Hall–Kier alpha value is -0.830. The zero-order chi connectivity index (χ0) is 13.3. The van der Waals surface area contributed by atoms with Crippen molar-refractivity contribution >= 4 is 0 Å². The van der Waals surface area contributed by atoms with Crippen LogP contribution in [0.2, 0.25) is 0 Å². The molecule has 1 aliphatic carbocycles. The van der Waals surface area contributed by atoms with Crippen LogP contribution < -0.4 is 5.32 Å². The lowest BCUT2D eigenvalue weighted by atomic mass is 9.87. The molecule has 3 atom stereocenters. The number of aromatic nitrogens is 2. The highest BCUT2D eigenvalue weighted by molar-refractivity contribution is 5.28. The summed E-state index contributed by atoms with van der Waals surface area (Å²) >= 11 is 0. The second-order valence-electron chi connectivity index (χ2n) is 5.97. The third-order valence-electron chi connectivity index (χ3n) is 4.50. The van der Waals surface area contributed by atoms with Crippen LogP contribution in [0.15, 0.2) is 0 Å². The predicted octanol–water partition coefficient (Wildman–Crippen LogP) is 3.53. The van der Waals surface area contributed by atoms with Crippen molar-refractivity contribution in [3.8, 4) is 0 Å². The Labute approximate surface area is 111 Å². The number of nitrogens with zero attached hydrogens (tertiary/aromatic N) is 2. The summed E-state index contributed by atoms with van der Waals surface area (Å²) in [6.45, 7) is 8.95. The molecule has 1 aliphatic rings. The van der Waals surface area contributed by atoms with Gasteiger partial charge in [0.05, 0.1) is 11.7 Å². The molecule has 18 heavy (non-hydrogen) atoms. The Morgan fingerprint density at radius 1 is 1.33 bits per heavy atom. The van der Waals surface area contributed by atoms with Crippen LogP contribution >= 0.6 is 0 Å². The molecule has 1 N–H and O–H groups in total. The van der Waals surface area contributed by atoms with Gasteiger partial charge in [0.15, 0.2) is 0 Å². The van der Waals surface area contributed by atoms with Crippen LogP contribution in [0.4, 0.5) is 0 Å². The summed E-state index contributed by atoms with van der Waals surface area (Å²) in [5.74, 6) is 0.845. The van der Waals surface area contributed by atoms with Gasteiger partial charge in [-0.2, -0.15) is 5.10 Å². The van der Waals surface area contributed by atoms with Crippen molar-refractivity contribution in [3.63, 3.8) is 0 Å². The Kier molecular flexibility index (Phi) is 4.10. The third kappa shape index (κ3) is 2.46. The third-order valence-corrected chi connectivity index (χ3v) is 4.50. The molecule has 3 nitrogen and oxygen atoms in total. The van der Waals surface area contributed by atoms with Gasteiger partial charge in [0.25, 0.3) is 0 Å². The first-order valence-corrected chi connectivity index (χ1v) is 7.27. The molecular weight excluding hydrogens is 222 g/mol. The standard InChI is InChI=1S/C15H27N3/c1-10-7-6-8-14(9-10)18-13(4)15(11(2)16-5)12(3)17-18/h10-11,14,16H,6-9H2,1-5H3. The van der Waals surface area contributed by atoms with Crippen LogP contribution in [-0.4, -0.2) is 16.8 Å². The highest BCUT2D eigenvalue weighted by atomic mass is 15.3. The van der Waals surface area contributed by atoms with E-state index in [1.165, 1.54) is 42.6 Å². The minimum absolute atomic E-state index is 0.389. The predicted molar refractivity (Wildman–Crippen MR) is 75.8 cm³/mol. The van der Waals surface area contributed by atoms with E-state index in [-0.39, 0.29) is 0 Å². The van der Waals surface area contributed by atoms with Crippen LogP contribution in [0.1, 0.15) is 68.6 Å². The number of aryl methyl sites for hydroxylation is 1. The van der Waals surface area contributed by atoms with Crippen LogP contribution in [-0.2, 0) is 0 Å². The van der Waals surface area contributed by atoms with Crippen LogP contribution in [0.5, 0.6) is 0 Å². The zero-order valence-corrected chi connectivity index (χ0v) is 12.5. The average Bonchev–Trinajstić information content (AvgIpc) is 2.64. The lowest BCUT2D eigenvalue weighted by Gasteiger charge is -2.28. The molecular formula is C15H27N3. The van der Waals surface area contributed by atoms with Crippen molar-refractivity contribution in [2.75, 3.05) is 7.05 Å². The van der Waals surface area contributed by atoms with E-state index in [9.17, 15) is 0 Å². The fourth-order valence-corrected chi connectivity index (χ4v) is 3.43. The summed E-state index contributed by atoms with van der Waals surface area (Å²) in [5.41, 5.74) is 3.93. The zero-order valence-electron chi connectivity index (χ0n) is 12.5. The molecule has 0 saturated heterocycles. The molecule has 1 saturated carbocycles. The number of rotatable bonds is 3. The Balaban J connectivity index is 2.29. The van der Waals surface area contributed by atoms with E-state index in [0.29, 0.717) is 12.1 Å². The van der Waals surface area contributed by atoms with E-state index >= 15 is 0 Å². The summed E-state index contributed by atoms with van der Waals surface area (Å²) < 4.78 is 2.30. The lowest BCUT2D eigenvalue weighted by Crippen LogP contribution is -2.20. The minimum Gasteiger partial charge on any atom is -0.313 e. The van der Waals surface area contributed by atoms with E-state index in [0.717, 1.165) is 5.92 Å². The summed E-state index contributed by atoms with van der Waals surface area (Å²) in [6, 6.07) is 1.00. The topological polar surface area (TPSA) is 29.9 Å². The lowest BCUT2D eigenvalue weighted by molar-refractivity contribution is 0.263. The first kappa shape index (κ1) is 13.6. The number of hydrogen-bond donors (Lipinski definition) is 1. The molecule has 0 spiro atoms. The van der Waals surface area contributed by atoms with Crippen LogP contribution in [0.3, 0.4) is 0 Å². The highest BCUT2D eigenvalue weighted by Crippen LogP contribution is 2.34. The van der Waals surface area contributed by atoms with Gasteiger partial charge in [-0.25, -0.2) is 0 Å². The molecule has 102 valence electrons. The molecule has 0 aliphatic heterocycles. The molecule has 1 aromatic heterocycles. The van der Waals surface area contributed by atoms with E-state index in [4.69, 9.17) is 5.10 Å². The number of nitrogens with one attached hydrogen (secondary N) is 1. The largest absolute Gasteiger partial charge is 0.313 e. The second-order valence-corrected chi connectivity index (χ2v) is 5.97. The molecule has 3 heteroatoms. The summed E-state index contributed by atoms with van der Waals surface area (Å²) in [6.07, 6.45) is 5.31. The van der Waals surface area contributed by atoms with Crippen molar-refractivity contribution in [1.82, 2.24) is 15.1 Å². The van der Waals surface area contributed by atoms with Gasteiger partial charge in [-0.15, -0.1) is 0 Å². The Morgan fingerprint density at radius 3 is 2.67 bits per heavy atom.